The van der Waals surface area contributed by atoms with Crippen LogP contribution in [0.4, 0.5) is 0 Å². The number of hydrogen-bond acceptors (Lipinski definition) is 4. The fourth-order valence-corrected chi connectivity index (χ4v) is 3.18. The van der Waals surface area contributed by atoms with Crippen molar-refractivity contribution in [3.8, 4) is 5.75 Å². The summed E-state index contributed by atoms with van der Waals surface area (Å²) in [7, 11) is 5.07. The molecule has 0 radical (unpaired) electrons. The largest absolute Gasteiger partial charge is 0.497 e. The zero-order valence-corrected chi connectivity index (χ0v) is 15.9. The molecule has 2 amide bonds. The van der Waals surface area contributed by atoms with Crippen LogP contribution in [0.1, 0.15) is 22.2 Å². The number of hydrogen-bond donors (Lipinski definition) is 0. The third kappa shape index (κ3) is 5.06. The van der Waals surface area contributed by atoms with Crippen molar-refractivity contribution in [2.24, 2.45) is 0 Å². The van der Waals surface area contributed by atoms with E-state index in [1.807, 2.05) is 42.6 Å². The highest BCUT2D eigenvalue weighted by Crippen LogP contribution is 2.15. The predicted octanol–water partition coefficient (Wildman–Crippen LogP) is 2.92. The summed E-state index contributed by atoms with van der Waals surface area (Å²) in [5.41, 5.74) is 1.14. The van der Waals surface area contributed by atoms with Gasteiger partial charge in [-0.15, -0.1) is 11.3 Å². The highest BCUT2D eigenvalue weighted by atomic mass is 32.1. The normalized spacial score (nSPS) is 11.7. The Morgan fingerprint density at radius 1 is 1.16 bits per heavy atom. The quantitative estimate of drug-likeness (QED) is 0.763. The average Bonchev–Trinajstić information content (AvgIpc) is 3.15. The first-order valence-electron chi connectivity index (χ1n) is 8.10. The van der Waals surface area contributed by atoms with Crippen LogP contribution in [-0.2, 0) is 11.2 Å². The summed E-state index contributed by atoms with van der Waals surface area (Å²) in [5, 5.41) is 1.85. The number of benzene rings is 1. The molecule has 0 saturated carbocycles. The lowest BCUT2D eigenvalue weighted by Gasteiger charge is -2.27. The Morgan fingerprint density at radius 3 is 2.40 bits per heavy atom. The Hall–Kier alpha value is -2.34. The second-order valence-electron chi connectivity index (χ2n) is 6.04. The van der Waals surface area contributed by atoms with Gasteiger partial charge in [-0.05, 0) is 42.5 Å². The van der Waals surface area contributed by atoms with Crippen LogP contribution in [0.5, 0.6) is 5.75 Å². The Bertz CT molecular complexity index is 698. The predicted molar refractivity (Wildman–Crippen MR) is 100 cm³/mol. The molecule has 1 heterocycles. The van der Waals surface area contributed by atoms with E-state index in [9.17, 15) is 9.59 Å². The molecule has 0 unspecified atom stereocenters. The summed E-state index contributed by atoms with van der Waals surface area (Å²) in [6, 6.07) is 11.5. The lowest BCUT2D eigenvalue weighted by molar-refractivity contribution is -0.132. The van der Waals surface area contributed by atoms with Gasteiger partial charge in [0.25, 0.3) is 5.91 Å². The van der Waals surface area contributed by atoms with Crippen molar-refractivity contribution in [3.05, 3.63) is 52.2 Å². The van der Waals surface area contributed by atoms with E-state index in [2.05, 4.69) is 0 Å². The number of ether oxygens (including phenoxy) is 1. The SMILES string of the molecule is COc1ccc(C[C@H](C)N(C)C(=O)CN(C)C(=O)c2cccs2)cc1. The number of carbonyl (C=O) groups excluding carboxylic acids is 2. The maximum absolute atomic E-state index is 12.5. The maximum atomic E-state index is 12.5. The van der Waals surface area contributed by atoms with Gasteiger partial charge in [0.05, 0.1) is 18.5 Å². The van der Waals surface area contributed by atoms with Crippen LogP contribution in [-0.4, -0.2) is 55.4 Å². The zero-order chi connectivity index (χ0) is 18.4. The van der Waals surface area contributed by atoms with Gasteiger partial charge >= 0.3 is 0 Å². The molecule has 6 heteroatoms. The Kier molecular flexibility index (Phi) is 6.58. The van der Waals surface area contributed by atoms with Gasteiger partial charge in [0.2, 0.25) is 5.91 Å². The van der Waals surface area contributed by atoms with Crippen LogP contribution in [0, 0.1) is 0 Å². The van der Waals surface area contributed by atoms with Crippen LogP contribution >= 0.6 is 11.3 Å². The molecule has 0 saturated heterocycles. The van der Waals surface area contributed by atoms with Gasteiger partial charge in [0, 0.05) is 20.1 Å². The van der Waals surface area contributed by atoms with E-state index in [0.29, 0.717) is 4.88 Å². The fourth-order valence-electron chi connectivity index (χ4n) is 2.46. The van der Waals surface area contributed by atoms with Crippen LogP contribution in [0.25, 0.3) is 0 Å². The van der Waals surface area contributed by atoms with Crippen molar-refractivity contribution in [1.82, 2.24) is 9.80 Å². The smallest absolute Gasteiger partial charge is 0.264 e. The van der Waals surface area contributed by atoms with Gasteiger partial charge in [-0.3, -0.25) is 9.59 Å². The molecule has 25 heavy (non-hydrogen) atoms. The van der Waals surface area contributed by atoms with Crippen molar-refractivity contribution in [3.63, 3.8) is 0 Å². The lowest BCUT2D eigenvalue weighted by Crippen LogP contribution is -2.43. The minimum absolute atomic E-state index is 0.0335. The molecular weight excluding hydrogens is 336 g/mol. The third-order valence-electron chi connectivity index (χ3n) is 4.20. The number of thiophene rings is 1. The van der Waals surface area contributed by atoms with Gasteiger partial charge in [0.15, 0.2) is 0 Å². The van der Waals surface area contributed by atoms with Crippen molar-refractivity contribution in [2.75, 3.05) is 27.7 Å². The van der Waals surface area contributed by atoms with Crippen molar-refractivity contribution in [2.45, 2.75) is 19.4 Å². The van der Waals surface area contributed by atoms with Gasteiger partial charge < -0.3 is 14.5 Å². The van der Waals surface area contributed by atoms with E-state index >= 15 is 0 Å². The van der Waals surface area contributed by atoms with Gasteiger partial charge in [-0.2, -0.15) is 0 Å². The molecule has 134 valence electrons. The molecule has 0 aliphatic rings. The van der Waals surface area contributed by atoms with E-state index < -0.39 is 0 Å². The summed E-state index contributed by atoms with van der Waals surface area (Å²) >= 11 is 1.38. The first kappa shape index (κ1) is 19.0. The number of methoxy groups -OCH3 is 1. The molecule has 0 aliphatic heterocycles. The summed E-state index contributed by atoms with van der Waals surface area (Å²) in [6.07, 6.45) is 0.745. The highest BCUT2D eigenvalue weighted by Gasteiger charge is 2.21. The molecular formula is C19H24N2O3S. The van der Waals surface area contributed by atoms with Crippen LogP contribution in [0.15, 0.2) is 41.8 Å². The van der Waals surface area contributed by atoms with Crippen molar-refractivity contribution < 1.29 is 14.3 Å². The van der Waals surface area contributed by atoms with E-state index in [1.54, 1.807) is 32.2 Å². The summed E-state index contributed by atoms with van der Waals surface area (Å²) in [4.78, 5) is 28.5. The van der Waals surface area contributed by atoms with Gasteiger partial charge in [-0.1, -0.05) is 18.2 Å². The van der Waals surface area contributed by atoms with E-state index in [-0.39, 0.29) is 24.4 Å². The molecule has 1 aromatic carbocycles. The second-order valence-corrected chi connectivity index (χ2v) is 6.99. The molecule has 0 bridgehead atoms. The Morgan fingerprint density at radius 2 is 1.84 bits per heavy atom. The molecule has 2 aromatic rings. The molecule has 0 spiro atoms. The summed E-state index contributed by atoms with van der Waals surface area (Å²) in [5.74, 6) is 0.613. The standard InChI is InChI=1S/C19H24N2O3S/c1-14(12-15-7-9-16(24-4)10-8-15)21(3)18(22)13-20(2)19(23)17-6-5-11-25-17/h5-11,14H,12-13H2,1-4H3/t14-/m0/s1. The van der Waals surface area contributed by atoms with Gasteiger partial charge in [0.1, 0.15) is 5.75 Å². The van der Waals surface area contributed by atoms with E-state index in [1.165, 1.54) is 16.2 Å². The molecule has 0 aliphatic carbocycles. The molecule has 1 aromatic heterocycles. The first-order valence-corrected chi connectivity index (χ1v) is 8.98. The number of nitrogens with zero attached hydrogens (tertiary/aromatic N) is 2. The number of amides is 2. The number of rotatable bonds is 7. The van der Waals surface area contributed by atoms with Crippen LogP contribution in [0.3, 0.4) is 0 Å². The first-order chi connectivity index (χ1) is 11.9. The van der Waals surface area contributed by atoms with Crippen molar-refractivity contribution in [1.29, 1.82) is 0 Å². The third-order valence-corrected chi connectivity index (χ3v) is 5.05. The lowest BCUT2D eigenvalue weighted by atomic mass is 10.1. The van der Waals surface area contributed by atoms with E-state index in [0.717, 1.165) is 17.7 Å². The molecule has 5 nitrogen and oxygen atoms in total. The second kappa shape index (κ2) is 8.67. The average molecular weight is 360 g/mol. The van der Waals surface area contributed by atoms with Crippen molar-refractivity contribution >= 4 is 23.2 Å². The minimum Gasteiger partial charge on any atom is -0.497 e. The van der Waals surface area contributed by atoms with E-state index in [4.69, 9.17) is 4.74 Å². The molecule has 1 atom stereocenters. The van der Waals surface area contributed by atoms with Crippen LogP contribution < -0.4 is 4.74 Å². The number of likely N-dealkylation sites (N-methyl/N-ethyl adjacent to an activating group) is 2. The molecule has 0 N–H and O–H groups in total. The maximum Gasteiger partial charge on any atom is 0.264 e. The monoisotopic (exact) mass is 360 g/mol. The van der Waals surface area contributed by atoms with Gasteiger partial charge in [-0.25, -0.2) is 0 Å². The summed E-state index contributed by atoms with van der Waals surface area (Å²) < 4.78 is 5.16. The Balaban J connectivity index is 1.90. The highest BCUT2D eigenvalue weighted by molar-refractivity contribution is 7.12. The minimum atomic E-state index is -0.125. The zero-order valence-electron chi connectivity index (χ0n) is 15.1. The number of carbonyl (C=O) groups is 2. The molecule has 0 fully saturated rings. The topological polar surface area (TPSA) is 49.9 Å². The Labute approximate surface area is 152 Å². The fraction of sp³-hybridized carbons (Fsp3) is 0.368. The van der Waals surface area contributed by atoms with Crippen LogP contribution in [0.2, 0.25) is 0 Å². The molecule has 2 rings (SSSR count). The summed E-state index contributed by atoms with van der Waals surface area (Å²) in [6.45, 7) is 2.07.